The summed E-state index contributed by atoms with van der Waals surface area (Å²) in [4.78, 5) is 11.9. The molecule has 3 rings (SSSR count). The van der Waals surface area contributed by atoms with Gasteiger partial charge < -0.3 is 9.47 Å². The van der Waals surface area contributed by atoms with E-state index in [1.54, 1.807) is 35.1 Å². The average Bonchev–Trinajstić information content (AvgIpc) is 3.08. The number of rotatable bonds is 7. The van der Waals surface area contributed by atoms with E-state index >= 15 is 0 Å². The van der Waals surface area contributed by atoms with Crippen LogP contribution in [0, 0.1) is 0 Å². The summed E-state index contributed by atoms with van der Waals surface area (Å²) in [5, 5.41) is 4.86. The maximum Gasteiger partial charge on any atom is 0.310 e. The van der Waals surface area contributed by atoms with Crippen molar-refractivity contribution in [1.82, 2.24) is 9.78 Å². The molecule has 0 radical (unpaired) electrons. The molecule has 1 heterocycles. The topological polar surface area (TPSA) is 53.4 Å². The molecule has 1 aromatic heterocycles. The molecule has 0 spiro atoms. The molecule has 0 saturated heterocycles. The Balaban J connectivity index is 1.43. The number of halogens is 1. The zero-order valence-electron chi connectivity index (χ0n) is 13.5. The van der Waals surface area contributed by atoms with E-state index in [-0.39, 0.29) is 25.6 Å². The van der Waals surface area contributed by atoms with Gasteiger partial charge in [0.05, 0.1) is 18.3 Å². The van der Waals surface area contributed by atoms with E-state index in [1.165, 1.54) is 0 Å². The van der Waals surface area contributed by atoms with Crippen LogP contribution in [0.4, 0.5) is 0 Å². The number of ether oxygens (including phenoxy) is 2. The van der Waals surface area contributed by atoms with Crippen LogP contribution in [-0.4, -0.2) is 29.0 Å². The summed E-state index contributed by atoms with van der Waals surface area (Å²) < 4.78 is 12.4. The van der Waals surface area contributed by atoms with Crippen LogP contribution in [0.3, 0.4) is 0 Å². The third kappa shape index (κ3) is 5.09. The van der Waals surface area contributed by atoms with Crippen molar-refractivity contribution in [3.05, 3.63) is 77.6 Å². The first kappa shape index (κ1) is 17.0. The van der Waals surface area contributed by atoms with Crippen molar-refractivity contribution in [3.8, 4) is 11.4 Å². The van der Waals surface area contributed by atoms with Gasteiger partial charge in [0, 0.05) is 16.8 Å². The number of carbonyl (C=O) groups is 1. The SMILES string of the molecule is O=C(Cc1cnn(-c2ccccc2)c1)OCCOc1cccc(Cl)c1. The first-order valence-corrected chi connectivity index (χ1v) is 8.21. The van der Waals surface area contributed by atoms with Crippen molar-refractivity contribution in [2.75, 3.05) is 13.2 Å². The van der Waals surface area contributed by atoms with Gasteiger partial charge in [-0.25, -0.2) is 4.68 Å². The monoisotopic (exact) mass is 356 g/mol. The van der Waals surface area contributed by atoms with E-state index in [0.717, 1.165) is 11.3 Å². The van der Waals surface area contributed by atoms with Gasteiger partial charge in [-0.2, -0.15) is 5.10 Å². The minimum absolute atomic E-state index is 0.171. The van der Waals surface area contributed by atoms with Crippen molar-refractivity contribution in [3.63, 3.8) is 0 Å². The Kier molecular flexibility index (Phi) is 5.69. The molecule has 0 N–H and O–H groups in total. The van der Waals surface area contributed by atoms with E-state index in [4.69, 9.17) is 21.1 Å². The van der Waals surface area contributed by atoms with Gasteiger partial charge >= 0.3 is 5.97 Å². The molecule has 128 valence electrons. The number of nitrogens with zero attached hydrogens (tertiary/aromatic N) is 2. The second-order valence-corrected chi connectivity index (χ2v) is 5.77. The van der Waals surface area contributed by atoms with Gasteiger partial charge in [-0.1, -0.05) is 35.9 Å². The number of benzene rings is 2. The van der Waals surface area contributed by atoms with Crippen molar-refractivity contribution in [2.24, 2.45) is 0 Å². The van der Waals surface area contributed by atoms with E-state index in [0.29, 0.717) is 10.8 Å². The normalized spacial score (nSPS) is 10.4. The predicted octanol–water partition coefficient (Wildman–Crippen LogP) is 3.69. The molecule has 6 heteroatoms. The van der Waals surface area contributed by atoms with Crippen LogP contribution in [0.25, 0.3) is 5.69 Å². The highest BCUT2D eigenvalue weighted by Gasteiger charge is 2.08. The maximum absolute atomic E-state index is 11.9. The summed E-state index contributed by atoms with van der Waals surface area (Å²) in [6, 6.07) is 16.8. The van der Waals surface area contributed by atoms with Gasteiger partial charge in [0.15, 0.2) is 0 Å². The second-order valence-electron chi connectivity index (χ2n) is 5.33. The van der Waals surface area contributed by atoms with E-state index in [2.05, 4.69) is 5.10 Å². The van der Waals surface area contributed by atoms with E-state index < -0.39 is 0 Å². The lowest BCUT2D eigenvalue weighted by atomic mass is 10.2. The van der Waals surface area contributed by atoms with Gasteiger partial charge in [0.2, 0.25) is 0 Å². The minimum Gasteiger partial charge on any atom is -0.490 e. The van der Waals surface area contributed by atoms with Crippen LogP contribution >= 0.6 is 11.6 Å². The van der Waals surface area contributed by atoms with Crippen LogP contribution < -0.4 is 4.74 Å². The molecular weight excluding hydrogens is 340 g/mol. The summed E-state index contributed by atoms with van der Waals surface area (Å²) >= 11 is 5.87. The molecule has 0 unspecified atom stereocenters. The number of hydrogen-bond donors (Lipinski definition) is 0. The largest absolute Gasteiger partial charge is 0.490 e. The van der Waals surface area contributed by atoms with Crippen LogP contribution in [0.15, 0.2) is 67.0 Å². The number of esters is 1. The minimum atomic E-state index is -0.317. The van der Waals surface area contributed by atoms with Crippen molar-refractivity contribution < 1.29 is 14.3 Å². The van der Waals surface area contributed by atoms with Gasteiger partial charge in [0.1, 0.15) is 19.0 Å². The van der Waals surface area contributed by atoms with Crippen LogP contribution in [0.2, 0.25) is 5.02 Å². The summed E-state index contributed by atoms with van der Waals surface area (Å²) in [5.74, 6) is 0.329. The fraction of sp³-hybridized carbons (Fsp3) is 0.158. The number of para-hydroxylation sites is 1. The summed E-state index contributed by atoms with van der Waals surface area (Å²) in [5.41, 5.74) is 1.74. The third-order valence-corrected chi connectivity index (χ3v) is 3.65. The van der Waals surface area contributed by atoms with E-state index in [9.17, 15) is 4.79 Å². The molecule has 0 amide bonds. The first-order valence-electron chi connectivity index (χ1n) is 7.84. The molecule has 0 atom stereocenters. The third-order valence-electron chi connectivity index (χ3n) is 3.42. The van der Waals surface area contributed by atoms with Crippen molar-refractivity contribution in [2.45, 2.75) is 6.42 Å². The standard InChI is InChI=1S/C19H17ClN2O3/c20-16-5-4-8-18(12-16)24-9-10-25-19(23)11-15-13-21-22(14-15)17-6-2-1-3-7-17/h1-8,12-14H,9-11H2. The molecule has 3 aromatic rings. The van der Waals surface area contributed by atoms with Gasteiger partial charge in [-0.05, 0) is 30.3 Å². The van der Waals surface area contributed by atoms with Gasteiger partial charge in [-0.15, -0.1) is 0 Å². The Hall–Kier alpha value is -2.79. The lowest BCUT2D eigenvalue weighted by molar-refractivity contribution is -0.143. The fourth-order valence-electron chi connectivity index (χ4n) is 2.26. The molecule has 0 saturated carbocycles. The Labute approximate surface area is 150 Å². The Morgan fingerprint density at radius 1 is 1.08 bits per heavy atom. The lowest BCUT2D eigenvalue weighted by Crippen LogP contribution is -2.13. The molecule has 25 heavy (non-hydrogen) atoms. The first-order chi connectivity index (χ1) is 12.2. The zero-order valence-corrected chi connectivity index (χ0v) is 14.2. The number of hydrogen-bond acceptors (Lipinski definition) is 4. The maximum atomic E-state index is 11.9. The Morgan fingerprint density at radius 2 is 1.92 bits per heavy atom. The average molecular weight is 357 g/mol. The highest BCUT2D eigenvalue weighted by Crippen LogP contribution is 2.16. The molecule has 0 aliphatic carbocycles. The number of carbonyl (C=O) groups excluding carboxylic acids is 1. The van der Waals surface area contributed by atoms with Crippen molar-refractivity contribution in [1.29, 1.82) is 0 Å². The molecule has 2 aromatic carbocycles. The molecule has 0 fully saturated rings. The van der Waals surface area contributed by atoms with Crippen LogP contribution in [0.5, 0.6) is 5.75 Å². The molecule has 0 aliphatic rings. The second kappa shape index (κ2) is 8.35. The smallest absolute Gasteiger partial charge is 0.310 e. The quantitative estimate of drug-likeness (QED) is 0.478. The van der Waals surface area contributed by atoms with Crippen LogP contribution in [0.1, 0.15) is 5.56 Å². The summed E-state index contributed by atoms with van der Waals surface area (Å²) in [6.45, 7) is 0.452. The lowest BCUT2D eigenvalue weighted by Gasteiger charge is -2.07. The number of aromatic nitrogens is 2. The van der Waals surface area contributed by atoms with Gasteiger partial charge in [0.25, 0.3) is 0 Å². The molecule has 5 nitrogen and oxygen atoms in total. The molecule has 0 aliphatic heterocycles. The molecule has 0 bridgehead atoms. The summed E-state index contributed by atoms with van der Waals surface area (Å²) in [7, 11) is 0. The fourth-order valence-corrected chi connectivity index (χ4v) is 2.44. The highest BCUT2D eigenvalue weighted by atomic mass is 35.5. The highest BCUT2D eigenvalue weighted by molar-refractivity contribution is 6.30. The summed E-state index contributed by atoms with van der Waals surface area (Å²) in [6.07, 6.45) is 3.65. The Bertz CT molecular complexity index is 833. The van der Waals surface area contributed by atoms with Crippen molar-refractivity contribution >= 4 is 17.6 Å². The Morgan fingerprint density at radius 3 is 2.72 bits per heavy atom. The van der Waals surface area contributed by atoms with Crippen LogP contribution in [-0.2, 0) is 16.0 Å². The van der Waals surface area contributed by atoms with E-state index in [1.807, 2.05) is 36.5 Å². The zero-order chi connectivity index (χ0) is 17.5. The predicted molar refractivity (Wildman–Crippen MR) is 95.2 cm³/mol. The molecular formula is C19H17ClN2O3. The van der Waals surface area contributed by atoms with Gasteiger partial charge in [-0.3, -0.25) is 4.79 Å².